The summed E-state index contributed by atoms with van der Waals surface area (Å²) in [4.78, 5) is 13.8. The molecule has 1 amide bonds. The molecule has 1 atom stereocenters. The number of hydrogen-bond donors (Lipinski definition) is 0. The van der Waals surface area contributed by atoms with Gasteiger partial charge in [-0.25, -0.2) is 4.79 Å². The highest BCUT2D eigenvalue weighted by molar-refractivity contribution is 5.88. The van der Waals surface area contributed by atoms with Crippen LogP contribution in [0.15, 0.2) is 72.8 Å². The fraction of sp³-hybridized carbons (Fsp3) is 0.190. The molecule has 1 aliphatic heterocycles. The Hall–Kier alpha value is -3.01. The Morgan fingerprint density at radius 2 is 1.72 bits per heavy atom. The second-order valence-corrected chi connectivity index (χ2v) is 6.16. The van der Waals surface area contributed by atoms with Gasteiger partial charge in [0.1, 0.15) is 12.4 Å². The summed E-state index contributed by atoms with van der Waals surface area (Å²) >= 11 is 0. The van der Waals surface area contributed by atoms with Crippen molar-refractivity contribution in [3.8, 4) is 5.75 Å². The van der Waals surface area contributed by atoms with Gasteiger partial charge in [0, 0.05) is 11.9 Å². The first-order valence-electron chi connectivity index (χ1n) is 8.39. The van der Waals surface area contributed by atoms with E-state index in [1.165, 1.54) is 0 Å². The van der Waals surface area contributed by atoms with Crippen molar-refractivity contribution in [2.75, 3.05) is 13.2 Å². The Kier molecular flexibility index (Phi) is 4.25. The number of nitrogens with zero attached hydrogens (tertiary/aromatic N) is 1. The van der Waals surface area contributed by atoms with E-state index in [1.807, 2.05) is 60.7 Å². The maximum Gasteiger partial charge on any atom is 0.410 e. The molecule has 3 aromatic rings. The SMILES string of the molecule is O=C1O[C@@H](COc2cccc3ccccc23)CN1Cc1ccccc1. The summed E-state index contributed by atoms with van der Waals surface area (Å²) in [5.74, 6) is 0.815. The van der Waals surface area contributed by atoms with E-state index < -0.39 is 0 Å². The highest BCUT2D eigenvalue weighted by Crippen LogP contribution is 2.26. The van der Waals surface area contributed by atoms with Gasteiger partial charge in [-0.1, -0.05) is 66.7 Å². The molecule has 0 unspecified atom stereocenters. The van der Waals surface area contributed by atoms with Crippen LogP contribution in [0.1, 0.15) is 5.56 Å². The van der Waals surface area contributed by atoms with Crippen LogP contribution in [0.3, 0.4) is 0 Å². The van der Waals surface area contributed by atoms with Crippen molar-refractivity contribution < 1.29 is 14.3 Å². The van der Waals surface area contributed by atoms with Crippen LogP contribution < -0.4 is 4.74 Å². The summed E-state index contributed by atoms with van der Waals surface area (Å²) in [6, 6.07) is 24.0. The lowest BCUT2D eigenvalue weighted by Crippen LogP contribution is -2.26. The van der Waals surface area contributed by atoms with E-state index in [4.69, 9.17) is 9.47 Å². The van der Waals surface area contributed by atoms with Crippen molar-refractivity contribution in [3.05, 3.63) is 78.4 Å². The third-order valence-corrected chi connectivity index (χ3v) is 4.34. The number of benzene rings is 3. The van der Waals surface area contributed by atoms with E-state index in [9.17, 15) is 4.79 Å². The molecular weight excluding hydrogens is 314 g/mol. The Bertz CT molecular complexity index is 873. The molecule has 3 aromatic carbocycles. The van der Waals surface area contributed by atoms with Crippen LogP contribution in [-0.2, 0) is 11.3 Å². The van der Waals surface area contributed by atoms with Gasteiger partial charge in [-0.15, -0.1) is 0 Å². The van der Waals surface area contributed by atoms with Crippen LogP contribution in [0, 0.1) is 0 Å². The summed E-state index contributed by atoms with van der Waals surface area (Å²) in [6.07, 6.45) is -0.537. The highest BCUT2D eigenvalue weighted by atomic mass is 16.6. The normalized spacial score (nSPS) is 16.9. The average Bonchev–Trinajstić information content (AvgIpc) is 3.00. The lowest BCUT2D eigenvalue weighted by atomic mass is 10.1. The number of hydrogen-bond acceptors (Lipinski definition) is 3. The molecule has 1 heterocycles. The molecular formula is C21H19NO3. The molecule has 1 fully saturated rings. The molecule has 0 spiro atoms. The molecule has 4 heteroatoms. The molecule has 0 aromatic heterocycles. The van der Waals surface area contributed by atoms with Crippen LogP contribution in [-0.4, -0.2) is 30.2 Å². The quantitative estimate of drug-likeness (QED) is 0.701. The summed E-state index contributed by atoms with van der Waals surface area (Å²) in [5, 5.41) is 2.20. The molecule has 126 valence electrons. The smallest absolute Gasteiger partial charge is 0.410 e. The van der Waals surface area contributed by atoms with Crippen molar-refractivity contribution in [2.24, 2.45) is 0 Å². The van der Waals surface area contributed by atoms with Gasteiger partial charge in [0.15, 0.2) is 6.10 Å². The molecule has 0 N–H and O–H groups in total. The molecule has 4 nitrogen and oxygen atoms in total. The van der Waals surface area contributed by atoms with Crippen LogP contribution in [0.5, 0.6) is 5.75 Å². The van der Waals surface area contributed by atoms with E-state index in [0.717, 1.165) is 22.1 Å². The summed E-state index contributed by atoms with van der Waals surface area (Å²) in [7, 11) is 0. The van der Waals surface area contributed by atoms with Gasteiger partial charge in [0.2, 0.25) is 0 Å². The van der Waals surface area contributed by atoms with Gasteiger partial charge in [-0.3, -0.25) is 0 Å². The first kappa shape index (κ1) is 15.5. The van der Waals surface area contributed by atoms with Gasteiger partial charge >= 0.3 is 6.09 Å². The van der Waals surface area contributed by atoms with Crippen LogP contribution in [0.25, 0.3) is 10.8 Å². The second-order valence-electron chi connectivity index (χ2n) is 6.16. The van der Waals surface area contributed by atoms with E-state index in [2.05, 4.69) is 12.1 Å². The monoisotopic (exact) mass is 333 g/mol. The van der Waals surface area contributed by atoms with Crippen molar-refractivity contribution in [1.29, 1.82) is 0 Å². The van der Waals surface area contributed by atoms with Crippen molar-refractivity contribution >= 4 is 16.9 Å². The summed E-state index contributed by atoms with van der Waals surface area (Å²) in [6.45, 7) is 1.45. The third-order valence-electron chi connectivity index (χ3n) is 4.34. The molecule has 0 saturated carbocycles. The van der Waals surface area contributed by atoms with E-state index >= 15 is 0 Å². The van der Waals surface area contributed by atoms with Crippen molar-refractivity contribution in [3.63, 3.8) is 0 Å². The van der Waals surface area contributed by atoms with Gasteiger partial charge in [-0.2, -0.15) is 0 Å². The molecule has 1 aliphatic rings. The lowest BCUT2D eigenvalue weighted by molar-refractivity contribution is 0.103. The Labute approximate surface area is 146 Å². The van der Waals surface area contributed by atoms with Gasteiger partial charge < -0.3 is 14.4 Å². The molecule has 0 radical (unpaired) electrons. The predicted molar refractivity (Wildman–Crippen MR) is 96.6 cm³/mol. The molecule has 1 saturated heterocycles. The molecule has 0 bridgehead atoms. The fourth-order valence-electron chi connectivity index (χ4n) is 3.10. The summed E-state index contributed by atoms with van der Waals surface area (Å²) in [5.41, 5.74) is 1.09. The second kappa shape index (κ2) is 6.85. The topological polar surface area (TPSA) is 38.8 Å². The first-order chi connectivity index (χ1) is 12.3. The van der Waals surface area contributed by atoms with Crippen LogP contribution in [0.2, 0.25) is 0 Å². The number of ether oxygens (including phenoxy) is 2. The number of fused-ring (bicyclic) bond motifs is 1. The van der Waals surface area contributed by atoms with Crippen LogP contribution >= 0.6 is 0 Å². The minimum Gasteiger partial charge on any atom is -0.489 e. The van der Waals surface area contributed by atoms with Gasteiger partial charge in [0.05, 0.1) is 6.54 Å². The maximum atomic E-state index is 12.1. The number of amides is 1. The summed E-state index contributed by atoms with van der Waals surface area (Å²) < 4.78 is 11.4. The Balaban J connectivity index is 1.40. The first-order valence-corrected chi connectivity index (χ1v) is 8.39. The van der Waals surface area contributed by atoms with E-state index in [0.29, 0.717) is 19.7 Å². The Morgan fingerprint density at radius 1 is 0.960 bits per heavy atom. The van der Waals surface area contributed by atoms with E-state index in [-0.39, 0.29) is 12.2 Å². The average molecular weight is 333 g/mol. The zero-order valence-electron chi connectivity index (χ0n) is 13.8. The zero-order chi connectivity index (χ0) is 17.1. The Morgan fingerprint density at radius 3 is 2.60 bits per heavy atom. The minimum absolute atomic E-state index is 0.254. The number of carbonyl (C=O) groups is 1. The van der Waals surface area contributed by atoms with Crippen molar-refractivity contribution in [2.45, 2.75) is 12.6 Å². The standard InChI is InChI=1S/C21H19NO3/c23-21-22(13-16-7-2-1-3-8-16)14-18(25-21)15-24-20-12-6-10-17-9-4-5-11-19(17)20/h1-12,18H,13-15H2/t18-/m1/s1. The minimum atomic E-state index is -0.282. The number of cyclic esters (lactones) is 1. The van der Waals surface area contributed by atoms with Crippen LogP contribution in [0.4, 0.5) is 4.79 Å². The molecule has 4 rings (SSSR count). The van der Waals surface area contributed by atoms with E-state index in [1.54, 1.807) is 4.90 Å². The largest absolute Gasteiger partial charge is 0.489 e. The maximum absolute atomic E-state index is 12.1. The van der Waals surface area contributed by atoms with Crippen molar-refractivity contribution in [1.82, 2.24) is 4.90 Å². The predicted octanol–water partition coefficient (Wildman–Crippen LogP) is 4.24. The molecule has 0 aliphatic carbocycles. The number of carbonyl (C=O) groups excluding carboxylic acids is 1. The third kappa shape index (κ3) is 3.43. The van der Waals surface area contributed by atoms with Gasteiger partial charge in [0.25, 0.3) is 0 Å². The number of rotatable bonds is 5. The fourth-order valence-corrected chi connectivity index (χ4v) is 3.10. The molecule has 25 heavy (non-hydrogen) atoms. The van der Waals surface area contributed by atoms with Gasteiger partial charge in [-0.05, 0) is 17.0 Å². The highest BCUT2D eigenvalue weighted by Gasteiger charge is 2.31. The lowest BCUT2D eigenvalue weighted by Gasteiger charge is -2.14. The zero-order valence-corrected chi connectivity index (χ0v) is 13.8.